The Hall–Kier alpha value is -3.13. The zero-order valence-electron chi connectivity index (χ0n) is 19.8. The van der Waals surface area contributed by atoms with Crippen LogP contribution in [0.25, 0.3) is 22.4 Å². The maximum atomic E-state index is 13.6. The van der Waals surface area contributed by atoms with E-state index >= 15 is 0 Å². The minimum Gasteiger partial charge on any atom is -0.350 e. The van der Waals surface area contributed by atoms with Gasteiger partial charge in [0.25, 0.3) is 5.56 Å². The third kappa shape index (κ3) is 4.15. The molecule has 7 nitrogen and oxygen atoms in total. The number of nitrogens with one attached hydrogen (secondary N) is 1. The van der Waals surface area contributed by atoms with E-state index < -0.39 is 0 Å². The Morgan fingerprint density at radius 1 is 1.09 bits per heavy atom. The number of carbonyl (C=O) groups is 1. The normalized spacial score (nSPS) is 12.9. The molecule has 0 aliphatic carbocycles. The van der Waals surface area contributed by atoms with Gasteiger partial charge in [0.15, 0.2) is 5.16 Å². The first-order valence-corrected chi connectivity index (χ1v) is 12.0. The fraction of sp³-hybridized carbons (Fsp3) is 0.360. The number of carbonyl (C=O) groups excluding carboxylic acids is 1. The number of benzene rings is 2. The van der Waals surface area contributed by atoms with Crippen molar-refractivity contribution in [2.45, 2.75) is 63.9 Å². The maximum absolute atomic E-state index is 13.6. The molecule has 2 heterocycles. The van der Waals surface area contributed by atoms with Gasteiger partial charge >= 0.3 is 0 Å². The molecule has 1 N–H and O–H groups in total. The highest BCUT2D eigenvalue weighted by Crippen LogP contribution is 2.28. The number of nitrogens with zero attached hydrogens (tertiary/aromatic N) is 4. The molecular formula is C25H29N5O2S. The number of fused-ring (bicyclic) bond motifs is 3. The predicted octanol–water partition coefficient (Wildman–Crippen LogP) is 4.44. The molecule has 33 heavy (non-hydrogen) atoms. The highest BCUT2D eigenvalue weighted by Gasteiger charge is 2.26. The average Bonchev–Trinajstić information content (AvgIpc) is 3.18. The molecule has 1 unspecified atom stereocenters. The summed E-state index contributed by atoms with van der Waals surface area (Å²) in [5.74, 6) is 0.371. The first-order valence-electron chi connectivity index (χ1n) is 11.1. The van der Waals surface area contributed by atoms with Crippen molar-refractivity contribution in [3.05, 3.63) is 63.9 Å². The molecule has 0 saturated heterocycles. The molecule has 2 aromatic heterocycles. The van der Waals surface area contributed by atoms with Crippen molar-refractivity contribution < 1.29 is 4.79 Å². The standard InChI is InChI=1S/C25H29N5O2S/c1-7-25(5,6)26-21(31)17(4)33-24-28-27-23-29(24)19-14-9-8-13-18(19)22(32)30(23)20-15(2)11-10-12-16(20)3/h8-14,17H,7H2,1-6H3,(H,26,31). The SMILES string of the molecule is CCC(C)(C)NC(=O)C(C)Sc1nnc2n(-c3c(C)cccc3C)c(=O)c3ccccc3n12. The van der Waals surface area contributed by atoms with Crippen molar-refractivity contribution in [2.24, 2.45) is 0 Å². The van der Waals surface area contributed by atoms with Crippen molar-refractivity contribution in [1.82, 2.24) is 24.5 Å². The third-order valence-corrected chi connectivity index (χ3v) is 7.10. The van der Waals surface area contributed by atoms with Crippen LogP contribution in [0.2, 0.25) is 0 Å². The Morgan fingerprint density at radius 3 is 2.42 bits per heavy atom. The molecule has 8 heteroatoms. The molecule has 0 saturated carbocycles. The highest BCUT2D eigenvalue weighted by molar-refractivity contribution is 8.00. The summed E-state index contributed by atoms with van der Waals surface area (Å²) in [6, 6.07) is 13.4. The van der Waals surface area contributed by atoms with E-state index in [2.05, 4.69) is 15.5 Å². The Balaban J connectivity index is 1.91. The van der Waals surface area contributed by atoms with E-state index in [4.69, 9.17) is 0 Å². The van der Waals surface area contributed by atoms with Gasteiger partial charge in [-0.15, -0.1) is 10.2 Å². The number of aryl methyl sites for hydroxylation is 2. The monoisotopic (exact) mass is 463 g/mol. The second-order valence-corrected chi connectivity index (χ2v) is 10.3. The molecule has 0 radical (unpaired) electrons. The molecule has 0 aliphatic heterocycles. The smallest absolute Gasteiger partial charge is 0.267 e. The molecule has 4 aromatic rings. The van der Waals surface area contributed by atoms with E-state index in [1.807, 2.05) is 88.4 Å². The summed E-state index contributed by atoms with van der Waals surface area (Å²) in [4.78, 5) is 26.4. The lowest BCUT2D eigenvalue weighted by Crippen LogP contribution is -2.46. The molecule has 1 amide bonds. The van der Waals surface area contributed by atoms with E-state index in [1.165, 1.54) is 11.8 Å². The molecule has 4 rings (SSSR count). The van der Waals surface area contributed by atoms with Crippen LogP contribution < -0.4 is 10.9 Å². The molecule has 0 fully saturated rings. The minimum absolute atomic E-state index is 0.0593. The van der Waals surface area contributed by atoms with Gasteiger partial charge in [-0.25, -0.2) is 4.57 Å². The van der Waals surface area contributed by atoms with Crippen molar-refractivity contribution in [3.63, 3.8) is 0 Å². The van der Waals surface area contributed by atoms with Crippen LogP contribution in [0.3, 0.4) is 0 Å². The highest BCUT2D eigenvalue weighted by atomic mass is 32.2. The number of thioether (sulfide) groups is 1. The number of hydrogen-bond donors (Lipinski definition) is 1. The number of amides is 1. The van der Waals surface area contributed by atoms with Crippen molar-refractivity contribution >= 4 is 34.3 Å². The van der Waals surface area contributed by atoms with Crippen LogP contribution in [0.1, 0.15) is 45.2 Å². The van der Waals surface area contributed by atoms with Gasteiger partial charge in [-0.3, -0.25) is 14.0 Å². The Labute approximate surface area is 197 Å². The summed E-state index contributed by atoms with van der Waals surface area (Å²) >= 11 is 1.33. The fourth-order valence-electron chi connectivity index (χ4n) is 3.85. The first-order chi connectivity index (χ1) is 15.6. The second kappa shape index (κ2) is 8.67. The molecule has 1 atom stereocenters. The summed E-state index contributed by atoms with van der Waals surface area (Å²) in [7, 11) is 0. The van der Waals surface area contributed by atoms with Gasteiger partial charge in [0, 0.05) is 5.54 Å². The van der Waals surface area contributed by atoms with Gasteiger partial charge in [-0.2, -0.15) is 0 Å². The van der Waals surface area contributed by atoms with Gasteiger partial charge in [0.05, 0.1) is 21.8 Å². The Bertz CT molecular complexity index is 1400. The zero-order valence-corrected chi connectivity index (χ0v) is 20.7. The van der Waals surface area contributed by atoms with Crippen LogP contribution in [0.5, 0.6) is 0 Å². The molecule has 0 spiro atoms. The van der Waals surface area contributed by atoms with Crippen LogP contribution in [-0.2, 0) is 4.79 Å². The third-order valence-electron chi connectivity index (χ3n) is 6.05. The van der Waals surface area contributed by atoms with E-state index in [0.29, 0.717) is 21.8 Å². The number of aromatic nitrogens is 4. The number of hydrogen-bond acceptors (Lipinski definition) is 5. The quantitative estimate of drug-likeness (QED) is 0.428. The lowest BCUT2D eigenvalue weighted by atomic mass is 10.0. The largest absolute Gasteiger partial charge is 0.350 e. The first kappa shape index (κ1) is 23.0. The van der Waals surface area contributed by atoms with E-state index in [9.17, 15) is 9.59 Å². The van der Waals surface area contributed by atoms with Crippen LogP contribution in [-0.4, -0.2) is 35.9 Å². The Morgan fingerprint density at radius 2 is 1.76 bits per heavy atom. The summed E-state index contributed by atoms with van der Waals surface area (Å²) < 4.78 is 3.51. The minimum atomic E-state index is -0.387. The maximum Gasteiger partial charge on any atom is 0.267 e. The van der Waals surface area contributed by atoms with Gasteiger partial charge in [-0.1, -0.05) is 49.0 Å². The zero-order chi connectivity index (χ0) is 23.9. The van der Waals surface area contributed by atoms with Crippen LogP contribution >= 0.6 is 11.8 Å². The molecule has 0 aliphatic rings. The van der Waals surface area contributed by atoms with Crippen LogP contribution in [0.15, 0.2) is 52.4 Å². The fourth-order valence-corrected chi connectivity index (χ4v) is 4.71. The number of para-hydroxylation sites is 2. The topological polar surface area (TPSA) is 81.3 Å². The number of rotatable bonds is 6. The summed E-state index contributed by atoms with van der Waals surface area (Å²) in [6.45, 7) is 11.9. The second-order valence-electron chi connectivity index (χ2n) is 9.00. The lowest BCUT2D eigenvalue weighted by molar-refractivity contribution is -0.121. The summed E-state index contributed by atoms with van der Waals surface area (Å²) in [6.07, 6.45) is 0.830. The van der Waals surface area contributed by atoms with Crippen molar-refractivity contribution in [2.75, 3.05) is 0 Å². The molecular weight excluding hydrogens is 434 g/mol. The van der Waals surface area contributed by atoms with Gasteiger partial charge in [0.1, 0.15) is 0 Å². The summed E-state index contributed by atoms with van der Waals surface area (Å²) in [5, 5.41) is 12.7. The van der Waals surface area contributed by atoms with Crippen molar-refractivity contribution in [1.29, 1.82) is 0 Å². The average molecular weight is 464 g/mol. The lowest BCUT2D eigenvalue weighted by Gasteiger charge is -2.26. The van der Waals surface area contributed by atoms with E-state index in [-0.39, 0.29) is 22.3 Å². The van der Waals surface area contributed by atoms with E-state index in [0.717, 1.165) is 23.2 Å². The molecule has 172 valence electrons. The van der Waals surface area contributed by atoms with Crippen molar-refractivity contribution in [3.8, 4) is 5.69 Å². The molecule has 2 aromatic carbocycles. The van der Waals surface area contributed by atoms with Gasteiger partial charge in [-0.05, 0) is 64.3 Å². The van der Waals surface area contributed by atoms with Gasteiger partial charge < -0.3 is 5.32 Å². The predicted molar refractivity (Wildman–Crippen MR) is 133 cm³/mol. The Kier molecular flexibility index (Phi) is 6.05. The van der Waals surface area contributed by atoms with Crippen LogP contribution in [0, 0.1) is 13.8 Å². The van der Waals surface area contributed by atoms with E-state index in [1.54, 1.807) is 4.57 Å². The van der Waals surface area contributed by atoms with Crippen LogP contribution in [0.4, 0.5) is 0 Å². The molecule has 0 bridgehead atoms. The summed E-state index contributed by atoms with van der Waals surface area (Å²) in [5.41, 5.74) is 3.04. The van der Waals surface area contributed by atoms with Gasteiger partial charge in [0.2, 0.25) is 11.7 Å².